The van der Waals surface area contributed by atoms with Crippen LogP contribution in [0.15, 0.2) is 41.1 Å². The zero-order valence-electron chi connectivity index (χ0n) is 17.7. The van der Waals surface area contributed by atoms with Crippen LogP contribution in [0.2, 0.25) is 0 Å². The van der Waals surface area contributed by atoms with Crippen LogP contribution in [-0.4, -0.2) is 49.3 Å². The fourth-order valence-electron chi connectivity index (χ4n) is 3.18. The van der Waals surface area contributed by atoms with Gasteiger partial charge in [0.2, 0.25) is 0 Å². The molecule has 1 atom stereocenters. The van der Waals surface area contributed by atoms with Crippen LogP contribution >= 0.6 is 0 Å². The third-order valence-corrected chi connectivity index (χ3v) is 4.39. The predicted molar refractivity (Wildman–Crippen MR) is 109 cm³/mol. The van der Waals surface area contributed by atoms with E-state index in [0.29, 0.717) is 11.3 Å². The molecule has 0 fully saturated rings. The number of nitro groups is 1. The quantitative estimate of drug-likeness (QED) is 0.296. The second-order valence-corrected chi connectivity index (χ2v) is 7.04. The second kappa shape index (κ2) is 10.0. The van der Waals surface area contributed by atoms with E-state index in [0.717, 1.165) is 0 Å². The minimum atomic E-state index is -0.666. The molecule has 162 valence electrons. The van der Waals surface area contributed by atoms with Gasteiger partial charge in [-0.3, -0.25) is 10.1 Å². The highest BCUT2D eigenvalue weighted by Gasteiger charge is 2.35. The zero-order chi connectivity index (χ0) is 22.4. The molecule has 0 radical (unpaired) electrons. The SMILES string of the molecule is COCCOC(=O)C1=C(C)NC(C)C(C(=O)OC(C)C)=C1c1cccc([N+](=O)[O-])c1. The van der Waals surface area contributed by atoms with E-state index < -0.39 is 22.9 Å². The van der Waals surface area contributed by atoms with Gasteiger partial charge in [0.25, 0.3) is 5.69 Å². The van der Waals surface area contributed by atoms with Crippen molar-refractivity contribution in [3.63, 3.8) is 0 Å². The number of ether oxygens (including phenoxy) is 3. The molecule has 1 aromatic rings. The number of dihydropyridines is 1. The summed E-state index contributed by atoms with van der Waals surface area (Å²) in [5, 5.41) is 14.4. The Labute approximate surface area is 174 Å². The number of carbonyl (C=O) groups is 2. The summed E-state index contributed by atoms with van der Waals surface area (Å²) in [4.78, 5) is 36.5. The number of hydrogen-bond donors (Lipinski definition) is 1. The van der Waals surface area contributed by atoms with Crippen molar-refractivity contribution in [2.24, 2.45) is 0 Å². The number of nitrogens with zero attached hydrogens (tertiary/aromatic N) is 1. The van der Waals surface area contributed by atoms with E-state index in [1.165, 1.54) is 25.3 Å². The standard InChI is InChI=1S/C21H26N2O7/c1-12(2)30-21(25)18-14(4)22-13(3)17(20(24)29-10-9-28-5)19(18)15-7-6-8-16(11-15)23(26)27/h6-8,11-12,14,22H,9-10H2,1-5H3. The molecule has 1 N–H and O–H groups in total. The normalized spacial score (nSPS) is 16.4. The lowest BCUT2D eigenvalue weighted by Crippen LogP contribution is -2.38. The highest BCUT2D eigenvalue weighted by atomic mass is 16.6. The maximum absolute atomic E-state index is 12.9. The number of carbonyl (C=O) groups excluding carboxylic acids is 2. The van der Waals surface area contributed by atoms with Gasteiger partial charge in [-0.2, -0.15) is 0 Å². The molecular weight excluding hydrogens is 392 g/mol. The Bertz CT molecular complexity index is 902. The van der Waals surface area contributed by atoms with Crippen molar-refractivity contribution in [1.29, 1.82) is 0 Å². The molecule has 0 saturated carbocycles. The van der Waals surface area contributed by atoms with Gasteiger partial charge in [-0.15, -0.1) is 0 Å². The van der Waals surface area contributed by atoms with E-state index in [1.54, 1.807) is 33.8 Å². The van der Waals surface area contributed by atoms with E-state index in [2.05, 4.69) is 5.32 Å². The van der Waals surface area contributed by atoms with Crippen molar-refractivity contribution in [1.82, 2.24) is 5.32 Å². The molecular formula is C21H26N2O7. The van der Waals surface area contributed by atoms with Gasteiger partial charge < -0.3 is 19.5 Å². The molecule has 1 unspecified atom stereocenters. The van der Waals surface area contributed by atoms with Crippen molar-refractivity contribution >= 4 is 23.2 Å². The molecule has 0 aliphatic carbocycles. The van der Waals surface area contributed by atoms with Crippen LogP contribution in [0.3, 0.4) is 0 Å². The fourth-order valence-corrected chi connectivity index (χ4v) is 3.18. The van der Waals surface area contributed by atoms with Crippen LogP contribution in [0, 0.1) is 10.1 Å². The van der Waals surface area contributed by atoms with Gasteiger partial charge in [0.05, 0.1) is 34.8 Å². The minimum absolute atomic E-state index is 0.0235. The molecule has 1 aliphatic heterocycles. The molecule has 1 heterocycles. The first-order valence-electron chi connectivity index (χ1n) is 9.51. The summed E-state index contributed by atoms with van der Waals surface area (Å²) in [6.07, 6.45) is -0.382. The van der Waals surface area contributed by atoms with Crippen molar-refractivity contribution in [2.45, 2.75) is 39.8 Å². The van der Waals surface area contributed by atoms with Gasteiger partial charge in [0.1, 0.15) is 6.61 Å². The maximum atomic E-state index is 12.9. The summed E-state index contributed by atoms with van der Waals surface area (Å²) in [6, 6.07) is 5.29. The lowest BCUT2D eigenvalue weighted by Gasteiger charge is -2.30. The number of hydrogen-bond acceptors (Lipinski definition) is 8. The third-order valence-electron chi connectivity index (χ3n) is 4.39. The molecule has 9 heteroatoms. The molecule has 1 aliphatic rings. The third kappa shape index (κ3) is 5.24. The van der Waals surface area contributed by atoms with E-state index in [9.17, 15) is 19.7 Å². The Balaban J connectivity index is 2.69. The lowest BCUT2D eigenvalue weighted by atomic mass is 9.85. The number of rotatable bonds is 8. The summed E-state index contributed by atoms with van der Waals surface area (Å²) >= 11 is 0. The molecule has 0 aromatic heterocycles. The minimum Gasteiger partial charge on any atom is -0.460 e. The Hall–Kier alpha value is -3.20. The molecule has 0 saturated heterocycles. The highest BCUT2D eigenvalue weighted by molar-refractivity contribution is 6.14. The van der Waals surface area contributed by atoms with E-state index >= 15 is 0 Å². The Kier molecular flexibility index (Phi) is 7.71. The first-order chi connectivity index (χ1) is 14.2. The summed E-state index contributed by atoms with van der Waals surface area (Å²) in [7, 11) is 1.48. The van der Waals surface area contributed by atoms with Crippen LogP contribution in [0.5, 0.6) is 0 Å². The average molecular weight is 418 g/mol. The van der Waals surface area contributed by atoms with E-state index in [-0.39, 0.29) is 41.7 Å². The largest absolute Gasteiger partial charge is 0.460 e. The summed E-state index contributed by atoms with van der Waals surface area (Å²) in [6.45, 7) is 7.10. The fraction of sp³-hybridized carbons (Fsp3) is 0.429. The number of benzene rings is 1. The molecule has 30 heavy (non-hydrogen) atoms. The van der Waals surface area contributed by atoms with Crippen molar-refractivity contribution in [2.75, 3.05) is 20.3 Å². The number of allylic oxidation sites excluding steroid dienone is 1. The molecule has 2 rings (SSSR count). The smallest absolute Gasteiger partial charge is 0.340 e. The number of esters is 2. The Morgan fingerprint density at radius 1 is 1.23 bits per heavy atom. The van der Waals surface area contributed by atoms with Gasteiger partial charge in [0.15, 0.2) is 0 Å². The summed E-state index contributed by atoms with van der Waals surface area (Å²) in [5.74, 6) is -1.28. The summed E-state index contributed by atoms with van der Waals surface area (Å²) in [5.41, 5.74) is 1.27. The van der Waals surface area contributed by atoms with Crippen LogP contribution in [0.1, 0.15) is 33.3 Å². The average Bonchev–Trinajstić information content (AvgIpc) is 2.66. The van der Waals surface area contributed by atoms with Crippen LogP contribution < -0.4 is 5.32 Å². The molecule has 0 amide bonds. The van der Waals surface area contributed by atoms with Crippen molar-refractivity contribution in [3.05, 3.63) is 56.8 Å². The van der Waals surface area contributed by atoms with Crippen molar-refractivity contribution < 1.29 is 28.7 Å². The first-order valence-corrected chi connectivity index (χ1v) is 9.51. The Morgan fingerprint density at radius 3 is 2.53 bits per heavy atom. The monoisotopic (exact) mass is 418 g/mol. The van der Waals surface area contributed by atoms with Gasteiger partial charge in [-0.05, 0) is 33.3 Å². The molecule has 0 bridgehead atoms. The molecule has 0 spiro atoms. The number of non-ortho nitro benzene ring substituents is 1. The topological polar surface area (TPSA) is 117 Å². The van der Waals surface area contributed by atoms with Crippen LogP contribution in [0.25, 0.3) is 5.57 Å². The van der Waals surface area contributed by atoms with Gasteiger partial charge in [-0.1, -0.05) is 12.1 Å². The number of nitro benzene ring substituents is 1. The van der Waals surface area contributed by atoms with Crippen molar-refractivity contribution in [3.8, 4) is 0 Å². The highest BCUT2D eigenvalue weighted by Crippen LogP contribution is 2.36. The van der Waals surface area contributed by atoms with Gasteiger partial charge in [0, 0.05) is 30.5 Å². The lowest BCUT2D eigenvalue weighted by molar-refractivity contribution is -0.384. The maximum Gasteiger partial charge on any atom is 0.340 e. The second-order valence-electron chi connectivity index (χ2n) is 7.04. The predicted octanol–water partition coefficient (Wildman–Crippen LogP) is 2.76. The van der Waals surface area contributed by atoms with Crippen LogP contribution in [-0.2, 0) is 23.8 Å². The van der Waals surface area contributed by atoms with Crippen LogP contribution in [0.4, 0.5) is 5.69 Å². The number of nitrogens with one attached hydrogen (secondary N) is 1. The molecule has 9 nitrogen and oxygen atoms in total. The summed E-state index contributed by atoms with van der Waals surface area (Å²) < 4.78 is 15.6. The van der Waals surface area contributed by atoms with Gasteiger partial charge >= 0.3 is 11.9 Å². The van der Waals surface area contributed by atoms with E-state index in [1.807, 2.05) is 0 Å². The first kappa shape index (κ1) is 23.1. The zero-order valence-corrected chi connectivity index (χ0v) is 17.7. The molecule has 1 aromatic carbocycles. The van der Waals surface area contributed by atoms with E-state index in [4.69, 9.17) is 14.2 Å². The number of methoxy groups -OCH3 is 1. The Morgan fingerprint density at radius 2 is 1.93 bits per heavy atom. The van der Waals surface area contributed by atoms with Gasteiger partial charge in [-0.25, -0.2) is 9.59 Å².